The van der Waals surface area contributed by atoms with E-state index in [0.29, 0.717) is 25.3 Å². The number of aryl methyl sites for hydroxylation is 1. The molecule has 2 aromatic heterocycles. The summed E-state index contributed by atoms with van der Waals surface area (Å²) in [5.74, 6) is 0.434. The summed E-state index contributed by atoms with van der Waals surface area (Å²) in [5.41, 5.74) is 6.21. The van der Waals surface area contributed by atoms with Gasteiger partial charge in [-0.25, -0.2) is 4.98 Å². The van der Waals surface area contributed by atoms with Crippen LogP contribution in [0, 0.1) is 5.41 Å². The predicted molar refractivity (Wildman–Crippen MR) is 81.3 cm³/mol. The van der Waals surface area contributed by atoms with Crippen molar-refractivity contribution < 1.29 is 0 Å². The van der Waals surface area contributed by atoms with Gasteiger partial charge in [0.25, 0.3) is 5.56 Å². The Labute approximate surface area is 122 Å². The number of pyridine rings is 1. The number of hydrogen-bond acceptors (Lipinski definition) is 5. The van der Waals surface area contributed by atoms with Crippen LogP contribution < -0.4 is 16.2 Å². The maximum absolute atomic E-state index is 12.2. The van der Waals surface area contributed by atoms with Crippen LogP contribution in [0.25, 0.3) is 0 Å². The zero-order chi connectivity index (χ0) is 15.2. The van der Waals surface area contributed by atoms with E-state index in [1.54, 1.807) is 31.8 Å². The molecule has 7 nitrogen and oxygen atoms in total. The molecule has 0 radical (unpaired) electrons. The first-order chi connectivity index (χ1) is 10.1. The highest BCUT2D eigenvalue weighted by atomic mass is 16.1. The highest BCUT2D eigenvalue weighted by Gasteiger charge is 2.14. The lowest BCUT2D eigenvalue weighted by atomic mass is 10.2. The van der Waals surface area contributed by atoms with E-state index in [2.05, 4.69) is 9.97 Å². The lowest BCUT2D eigenvalue weighted by Gasteiger charge is -2.23. The minimum absolute atomic E-state index is 0.0824. The topological polar surface area (TPSA) is 101 Å². The number of nitrogens with zero attached hydrogens (tertiary/aromatic N) is 4. The Kier molecular flexibility index (Phi) is 4.65. The first-order valence-corrected chi connectivity index (χ1v) is 6.56. The molecule has 2 aromatic rings. The fourth-order valence-corrected chi connectivity index (χ4v) is 1.93. The molecule has 0 aromatic carbocycles. The molecule has 2 rings (SSSR count). The summed E-state index contributed by atoms with van der Waals surface area (Å²) < 4.78 is 1.48. The van der Waals surface area contributed by atoms with Gasteiger partial charge in [-0.1, -0.05) is 6.07 Å². The van der Waals surface area contributed by atoms with E-state index >= 15 is 0 Å². The lowest BCUT2D eigenvalue weighted by Crippen LogP contribution is -2.34. The van der Waals surface area contributed by atoms with Gasteiger partial charge in [0.1, 0.15) is 0 Å². The summed E-state index contributed by atoms with van der Waals surface area (Å²) >= 11 is 0. The Morgan fingerprint density at radius 3 is 2.95 bits per heavy atom. The van der Waals surface area contributed by atoms with Crippen molar-refractivity contribution in [1.29, 1.82) is 5.41 Å². The van der Waals surface area contributed by atoms with Gasteiger partial charge in [-0.15, -0.1) is 0 Å². The van der Waals surface area contributed by atoms with Gasteiger partial charge in [0.15, 0.2) is 5.82 Å². The Balaban J connectivity index is 2.29. The van der Waals surface area contributed by atoms with E-state index in [-0.39, 0.29) is 11.4 Å². The summed E-state index contributed by atoms with van der Waals surface area (Å²) in [6.45, 7) is 0.948. The summed E-state index contributed by atoms with van der Waals surface area (Å²) in [4.78, 5) is 22.3. The molecule has 0 atom stereocenters. The van der Waals surface area contributed by atoms with E-state index in [4.69, 9.17) is 11.1 Å². The second-order valence-electron chi connectivity index (χ2n) is 4.72. The van der Waals surface area contributed by atoms with Gasteiger partial charge in [-0.3, -0.25) is 15.2 Å². The van der Waals surface area contributed by atoms with E-state index in [0.717, 1.165) is 5.56 Å². The van der Waals surface area contributed by atoms with Crippen molar-refractivity contribution in [2.75, 3.05) is 11.4 Å². The standard InChI is InChI=1S/C14H18N6O/c1-19-8-6-18-13(14(19)21)20(7-4-12(15)16)10-11-3-2-5-17-9-11/h2-3,5-6,8-9H,4,7,10H2,1H3,(H3,15,16). The van der Waals surface area contributed by atoms with Crippen molar-refractivity contribution in [3.8, 4) is 0 Å². The van der Waals surface area contributed by atoms with Crippen molar-refractivity contribution in [3.05, 3.63) is 52.8 Å². The number of aromatic nitrogens is 3. The molecular formula is C14H18N6O. The smallest absolute Gasteiger partial charge is 0.293 e. The van der Waals surface area contributed by atoms with E-state index in [1.807, 2.05) is 17.0 Å². The van der Waals surface area contributed by atoms with E-state index < -0.39 is 0 Å². The van der Waals surface area contributed by atoms with Gasteiger partial charge in [0.05, 0.1) is 5.84 Å². The van der Waals surface area contributed by atoms with Gasteiger partial charge in [0.2, 0.25) is 0 Å². The summed E-state index contributed by atoms with van der Waals surface area (Å²) in [6.07, 6.45) is 7.01. The number of nitrogens with one attached hydrogen (secondary N) is 1. The highest BCUT2D eigenvalue weighted by molar-refractivity contribution is 5.77. The van der Waals surface area contributed by atoms with Crippen LogP contribution in [0.2, 0.25) is 0 Å². The SMILES string of the molecule is Cn1ccnc(N(CCC(=N)N)Cc2cccnc2)c1=O. The second-order valence-corrected chi connectivity index (χ2v) is 4.72. The minimum atomic E-state index is -0.176. The predicted octanol–water partition coefficient (Wildman–Crippen LogP) is 0.508. The number of anilines is 1. The molecular weight excluding hydrogens is 268 g/mol. The fourth-order valence-electron chi connectivity index (χ4n) is 1.93. The molecule has 0 saturated carbocycles. The van der Waals surface area contributed by atoms with Crippen LogP contribution in [0.4, 0.5) is 5.82 Å². The number of nitrogens with two attached hydrogens (primary N) is 1. The van der Waals surface area contributed by atoms with E-state index in [9.17, 15) is 4.79 Å². The molecule has 0 amide bonds. The molecule has 3 N–H and O–H groups in total. The summed E-state index contributed by atoms with van der Waals surface area (Å²) in [5, 5.41) is 7.36. The van der Waals surface area contributed by atoms with Crippen LogP contribution >= 0.6 is 0 Å². The zero-order valence-electron chi connectivity index (χ0n) is 11.9. The molecule has 0 fully saturated rings. The van der Waals surface area contributed by atoms with Crippen LogP contribution in [-0.4, -0.2) is 26.9 Å². The monoisotopic (exact) mass is 286 g/mol. The number of rotatable bonds is 6. The molecule has 0 aliphatic heterocycles. The van der Waals surface area contributed by atoms with Crippen LogP contribution in [0.3, 0.4) is 0 Å². The Morgan fingerprint density at radius 2 is 2.29 bits per heavy atom. The molecule has 0 saturated heterocycles. The maximum Gasteiger partial charge on any atom is 0.293 e. The van der Waals surface area contributed by atoms with Crippen molar-refractivity contribution in [2.24, 2.45) is 12.8 Å². The third-order valence-electron chi connectivity index (χ3n) is 3.05. The molecule has 0 spiro atoms. The third-order valence-corrected chi connectivity index (χ3v) is 3.05. The molecule has 0 aliphatic carbocycles. The second kappa shape index (κ2) is 6.65. The summed E-state index contributed by atoms with van der Waals surface area (Å²) in [6, 6.07) is 3.77. The Bertz CT molecular complexity index is 667. The molecule has 21 heavy (non-hydrogen) atoms. The van der Waals surface area contributed by atoms with Crippen molar-refractivity contribution in [3.63, 3.8) is 0 Å². The Morgan fingerprint density at radius 1 is 1.48 bits per heavy atom. The van der Waals surface area contributed by atoms with E-state index in [1.165, 1.54) is 4.57 Å². The highest BCUT2D eigenvalue weighted by Crippen LogP contribution is 2.10. The van der Waals surface area contributed by atoms with Gasteiger partial charge < -0.3 is 15.2 Å². The average molecular weight is 286 g/mol. The van der Waals surface area contributed by atoms with Gasteiger partial charge >= 0.3 is 0 Å². The maximum atomic E-state index is 12.2. The zero-order valence-corrected chi connectivity index (χ0v) is 11.9. The quantitative estimate of drug-likeness (QED) is 0.595. The summed E-state index contributed by atoms with van der Waals surface area (Å²) in [7, 11) is 1.68. The normalized spacial score (nSPS) is 10.3. The van der Waals surface area contributed by atoms with Crippen molar-refractivity contribution >= 4 is 11.7 Å². The molecule has 2 heterocycles. The lowest BCUT2D eigenvalue weighted by molar-refractivity contribution is 0.748. The largest absolute Gasteiger partial charge is 0.388 e. The molecule has 0 bridgehead atoms. The van der Waals surface area contributed by atoms with Gasteiger partial charge in [-0.2, -0.15) is 0 Å². The van der Waals surface area contributed by atoms with Crippen LogP contribution in [0.1, 0.15) is 12.0 Å². The van der Waals surface area contributed by atoms with Crippen LogP contribution in [0.15, 0.2) is 41.7 Å². The van der Waals surface area contributed by atoms with Crippen molar-refractivity contribution in [2.45, 2.75) is 13.0 Å². The fraction of sp³-hybridized carbons (Fsp3) is 0.286. The number of hydrogen-bond donors (Lipinski definition) is 2. The first-order valence-electron chi connectivity index (χ1n) is 6.56. The molecule has 110 valence electrons. The third kappa shape index (κ3) is 3.88. The minimum Gasteiger partial charge on any atom is -0.388 e. The molecule has 0 aliphatic rings. The van der Waals surface area contributed by atoms with Gasteiger partial charge in [0, 0.05) is 51.3 Å². The van der Waals surface area contributed by atoms with Crippen molar-refractivity contribution in [1.82, 2.24) is 14.5 Å². The van der Waals surface area contributed by atoms with Gasteiger partial charge in [-0.05, 0) is 11.6 Å². The molecule has 0 unspecified atom stereocenters. The number of amidine groups is 1. The van der Waals surface area contributed by atoms with Crippen LogP contribution in [-0.2, 0) is 13.6 Å². The Hall–Kier alpha value is -2.70. The molecule has 7 heteroatoms. The average Bonchev–Trinajstić information content (AvgIpc) is 2.47. The first kappa shape index (κ1) is 14.7. The van der Waals surface area contributed by atoms with Crippen LogP contribution in [0.5, 0.6) is 0 Å².